The Bertz CT molecular complexity index is 399. The minimum Gasteiger partial charge on any atom is -0.397 e. The summed E-state index contributed by atoms with van der Waals surface area (Å²) in [6.45, 7) is 0. The highest BCUT2D eigenvalue weighted by atomic mass is 32.2. The number of hydrogen-bond donors (Lipinski definition) is 2. The fourth-order valence-corrected chi connectivity index (χ4v) is 1.89. The number of H-pyrrole nitrogens is 1. The molecule has 5 heteroatoms. The minimum absolute atomic E-state index is 0.719. The van der Waals surface area contributed by atoms with E-state index >= 15 is 0 Å². The molecule has 4 nitrogen and oxygen atoms in total. The summed E-state index contributed by atoms with van der Waals surface area (Å²) >= 11 is 1.67. The van der Waals surface area contributed by atoms with Crippen LogP contribution in [0.3, 0.4) is 0 Å². The van der Waals surface area contributed by atoms with Crippen LogP contribution in [0.25, 0.3) is 0 Å². The van der Waals surface area contributed by atoms with Gasteiger partial charge in [-0.05, 0) is 12.1 Å². The fourth-order valence-electron chi connectivity index (χ4n) is 1.05. The second-order valence-electron chi connectivity index (χ2n) is 2.78. The van der Waals surface area contributed by atoms with E-state index in [2.05, 4.69) is 15.2 Å². The molecule has 72 valence electrons. The Morgan fingerprint density at radius 2 is 2.29 bits per heavy atom. The summed E-state index contributed by atoms with van der Waals surface area (Å²) in [5.41, 5.74) is 7.56. The van der Waals surface area contributed by atoms with Crippen molar-refractivity contribution < 1.29 is 0 Å². The van der Waals surface area contributed by atoms with Gasteiger partial charge in [0.25, 0.3) is 0 Å². The topological polar surface area (TPSA) is 67.6 Å². The first kappa shape index (κ1) is 9.08. The molecule has 14 heavy (non-hydrogen) atoms. The van der Waals surface area contributed by atoms with E-state index in [1.165, 1.54) is 0 Å². The number of hydrogen-bond acceptors (Lipinski definition) is 4. The van der Waals surface area contributed by atoms with Gasteiger partial charge in [0, 0.05) is 28.7 Å². The fraction of sp³-hybridized carbons (Fsp3) is 0.111. The summed E-state index contributed by atoms with van der Waals surface area (Å²) in [6.07, 6.45) is 5.15. The molecular formula is C9H10N4S. The number of aromatic amines is 1. The van der Waals surface area contributed by atoms with Crippen LogP contribution in [0.5, 0.6) is 0 Å². The third-order valence-electron chi connectivity index (χ3n) is 1.75. The zero-order chi connectivity index (χ0) is 9.80. The number of nitrogens with zero attached hydrogens (tertiary/aromatic N) is 2. The molecule has 3 N–H and O–H groups in total. The third-order valence-corrected chi connectivity index (χ3v) is 2.89. The van der Waals surface area contributed by atoms with Gasteiger partial charge < -0.3 is 5.73 Å². The smallest absolute Gasteiger partial charge is 0.0638 e. The van der Waals surface area contributed by atoms with Crippen molar-refractivity contribution in [3.63, 3.8) is 0 Å². The Labute approximate surface area is 85.9 Å². The summed E-state index contributed by atoms with van der Waals surface area (Å²) in [5, 5.41) is 6.77. The molecule has 0 saturated carbocycles. The molecule has 0 saturated heterocycles. The van der Waals surface area contributed by atoms with Crippen LogP contribution in [-0.4, -0.2) is 15.2 Å². The minimum atomic E-state index is 0.719. The Morgan fingerprint density at radius 1 is 1.36 bits per heavy atom. The number of anilines is 1. The molecule has 0 bridgehead atoms. The Hall–Kier alpha value is -1.49. The largest absolute Gasteiger partial charge is 0.397 e. The summed E-state index contributed by atoms with van der Waals surface area (Å²) in [4.78, 5) is 4.98. The molecule has 0 aromatic carbocycles. The van der Waals surface area contributed by atoms with Crippen LogP contribution in [0, 0.1) is 0 Å². The van der Waals surface area contributed by atoms with Crippen molar-refractivity contribution in [2.45, 2.75) is 10.6 Å². The van der Waals surface area contributed by atoms with Gasteiger partial charge in [-0.1, -0.05) is 0 Å². The van der Waals surface area contributed by atoms with E-state index in [9.17, 15) is 0 Å². The van der Waals surface area contributed by atoms with E-state index in [1.807, 2.05) is 12.1 Å². The highest BCUT2D eigenvalue weighted by Crippen LogP contribution is 2.26. The molecule has 0 unspecified atom stereocenters. The van der Waals surface area contributed by atoms with E-state index in [-0.39, 0.29) is 0 Å². The maximum atomic E-state index is 5.75. The van der Waals surface area contributed by atoms with Gasteiger partial charge >= 0.3 is 0 Å². The Balaban J connectivity index is 2.02. The maximum Gasteiger partial charge on any atom is 0.0638 e. The van der Waals surface area contributed by atoms with Crippen molar-refractivity contribution in [1.29, 1.82) is 0 Å². The van der Waals surface area contributed by atoms with Crippen molar-refractivity contribution in [3.05, 3.63) is 36.4 Å². The lowest BCUT2D eigenvalue weighted by atomic mass is 10.4. The van der Waals surface area contributed by atoms with Crippen molar-refractivity contribution in [3.8, 4) is 0 Å². The van der Waals surface area contributed by atoms with Gasteiger partial charge in [-0.2, -0.15) is 5.10 Å². The molecule has 2 aromatic heterocycles. The van der Waals surface area contributed by atoms with Crippen molar-refractivity contribution in [2.75, 3.05) is 5.73 Å². The summed E-state index contributed by atoms with van der Waals surface area (Å²) in [5.74, 6) is 0.841. The van der Waals surface area contributed by atoms with E-state index < -0.39 is 0 Å². The molecule has 0 radical (unpaired) electrons. The molecule has 2 aromatic rings. The molecule has 0 aliphatic heterocycles. The van der Waals surface area contributed by atoms with Gasteiger partial charge in [0.1, 0.15) is 0 Å². The molecule has 0 spiro atoms. The number of aromatic nitrogens is 3. The van der Waals surface area contributed by atoms with Crippen LogP contribution in [0.4, 0.5) is 5.69 Å². The summed E-state index contributed by atoms with van der Waals surface area (Å²) in [6, 6.07) is 3.86. The van der Waals surface area contributed by atoms with Crippen molar-refractivity contribution in [1.82, 2.24) is 15.2 Å². The monoisotopic (exact) mass is 206 g/mol. The predicted octanol–water partition coefficient (Wildman–Crippen LogP) is 1.68. The lowest BCUT2D eigenvalue weighted by Gasteiger charge is -2.02. The number of thioether (sulfide) groups is 1. The van der Waals surface area contributed by atoms with Crippen LogP contribution < -0.4 is 5.73 Å². The molecule has 0 atom stereocenters. The van der Waals surface area contributed by atoms with Gasteiger partial charge in [0.2, 0.25) is 0 Å². The molecule has 2 rings (SSSR count). The first-order valence-electron chi connectivity index (χ1n) is 4.17. The second kappa shape index (κ2) is 4.15. The van der Waals surface area contributed by atoms with Crippen LogP contribution >= 0.6 is 11.8 Å². The van der Waals surface area contributed by atoms with Gasteiger partial charge in [0.05, 0.1) is 11.9 Å². The summed E-state index contributed by atoms with van der Waals surface area (Å²) in [7, 11) is 0. The lowest BCUT2D eigenvalue weighted by molar-refractivity contribution is 1.04. The Kier molecular flexibility index (Phi) is 2.69. The van der Waals surface area contributed by atoms with E-state index in [1.54, 1.807) is 30.4 Å². The van der Waals surface area contributed by atoms with Crippen LogP contribution in [0.1, 0.15) is 5.69 Å². The summed E-state index contributed by atoms with van der Waals surface area (Å²) < 4.78 is 0. The molecular weight excluding hydrogens is 196 g/mol. The number of nitrogens with one attached hydrogen (secondary N) is 1. The van der Waals surface area contributed by atoms with Crippen LogP contribution in [0.15, 0.2) is 35.6 Å². The van der Waals surface area contributed by atoms with Crippen LogP contribution in [0.2, 0.25) is 0 Å². The maximum absolute atomic E-state index is 5.75. The molecule has 0 aliphatic carbocycles. The van der Waals surface area contributed by atoms with E-state index in [0.717, 1.165) is 22.0 Å². The van der Waals surface area contributed by atoms with Crippen molar-refractivity contribution >= 4 is 17.4 Å². The molecule has 0 amide bonds. The molecule has 2 heterocycles. The predicted molar refractivity (Wildman–Crippen MR) is 56.8 cm³/mol. The first-order chi connectivity index (χ1) is 6.86. The standard InChI is InChI=1S/C9H10N4S/c10-8-5-11-3-2-9(8)14-6-7-1-4-12-13-7/h1-5H,6,10H2,(H,12,13). The third kappa shape index (κ3) is 2.05. The number of nitrogen functional groups attached to an aromatic ring is 1. The van der Waals surface area contributed by atoms with Gasteiger partial charge in [-0.25, -0.2) is 0 Å². The Morgan fingerprint density at radius 3 is 3.00 bits per heavy atom. The highest BCUT2D eigenvalue weighted by molar-refractivity contribution is 7.98. The van der Waals surface area contributed by atoms with Crippen molar-refractivity contribution in [2.24, 2.45) is 0 Å². The van der Waals surface area contributed by atoms with Gasteiger partial charge in [-0.3, -0.25) is 10.1 Å². The number of nitrogens with two attached hydrogens (primary N) is 1. The lowest BCUT2D eigenvalue weighted by Crippen LogP contribution is -1.89. The second-order valence-corrected chi connectivity index (χ2v) is 3.80. The molecule has 0 fully saturated rings. The zero-order valence-corrected chi connectivity index (χ0v) is 8.29. The van der Waals surface area contributed by atoms with Gasteiger partial charge in [-0.15, -0.1) is 11.8 Å². The SMILES string of the molecule is Nc1cnccc1SCc1ccn[nH]1. The molecule has 0 aliphatic rings. The highest BCUT2D eigenvalue weighted by Gasteiger charge is 2.00. The van der Waals surface area contributed by atoms with E-state index in [4.69, 9.17) is 5.73 Å². The normalized spacial score (nSPS) is 10.3. The zero-order valence-electron chi connectivity index (χ0n) is 7.47. The number of rotatable bonds is 3. The average molecular weight is 206 g/mol. The number of pyridine rings is 1. The quantitative estimate of drug-likeness (QED) is 0.750. The average Bonchev–Trinajstić information content (AvgIpc) is 2.69. The van der Waals surface area contributed by atoms with Crippen LogP contribution in [-0.2, 0) is 5.75 Å². The van der Waals surface area contributed by atoms with E-state index in [0.29, 0.717) is 0 Å². The van der Waals surface area contributed by atoms with Gasteiger partial charge in [0.15, 0.2) is 0 Å². The first-order valence-corrected chi connectivity index (χ1v) is 5.15.